The Morgan fingerprint density at radius 3 is 2.44 bits per heavy atom. The average Bonchev–Trinajstić information content (AvgIpc) is 2.26. The van der Waals surface area contributed by atoms with Crippen LogP contribution in [0, 0.1) is 0 Å². The second-order valence-corrected chi connectivity index (χ2v) is 4.70. The second kappa shape index (κ2) is 3.29. The zero-order valence-electron chi connectivity index (χ0n) is 8.99. The Morgan fingerprint density at radius 2 is 1.75 bits per heavy atom. The number of rotatable bonds is 1. The van der Waals surface area contributed by atoms with Crippen LogP contribution in [0.2, 0.25) is 0 Å². The summed E-state index contributed by atoms with van der Waals surface area (Å²) < 4.78 is 14.3. The molecule has 0 heterocycles. The topological polar surface area (TPSA) is 26.0 Å². The minimum absolute atomic E-state index is 0.0245. The molecule has 0 aliphatic heterocycles. The smallest absolute Gasteiger partial charge is 0.139 e. The first kappa shape index (κ1) is 9.79. The van der Waals surface area contributed by atoms with E-state index in [0.29, 0.717) is 12.8 Å². The molecule has 2 aromatic rings. The maximum atomic E-state index is 14.3. The fraction of sp³-hybridized carbons (Fsp3) is 0.286. The number of halogens is 1. The molecule has 2 heteroatoms. The fourth-order valence-electron chi connectivity index (χ4n) is 2.48. The van der Waals surface area contributed by atoms with Crippen LogP contribution in [0.4, 0.5) is 4.39 Å². The summed E-state index contributed by atoms with van der Waals surface area (Å²) in [5.74, 6) is 0. The van der Waals surface area contributed by atoms with Crippen LogP contribution in [0.1, 0.15) is 18.4 Å². The van der Waals surface area contributed by atoms with Gasteiger partial charge < -0.3 is 5.73 Å². The maximum absolute atomic E-state index is 14.3. The molecule has 0 amide bonds. The van der Waals surface area contributed by atoms with Crippen LogP contribution < -0.4 is 5.73 Å². The first-order valence-corrected chi connectivity index (χ1v) is 5.61. The Hall–Kier alpha value is -1.41. The van der Waals surface area contributed by atoms with Crippen LogP contribution in [0.25, 0.3) is 10.8 Å². The summed E-state index contributed by atoms with van der Waals surface area (Å²) in [6, 6.07) is 13.9. The van der Waals surface area contributed by atoms with Crippen molar-refractivity contribution in [1.29, 1.82) is 0 Å². The number of alkyl halides is 1. The zero-order valence-corrected chi connectivity index (χ0v) is 8.99. The summed E-state index contributed by atoms with van der Waals surface area (Å²) in [5, 5.41) is 2.25. The Morgan fingerprint density at radius 1 is 1.06 bits per heavy atom. The Balaban J connectivity index is 2.06. The Bertz CT molecular complexity index is 529. The van der Waals surface area contributed by atoms with E-state index in [1.54, 1.807) is 0 Å². The van der Waals surface area contributed by atoms with Gasteiger partial charge in [-0.05, 0) is 22.4 Å². The molecule has 1 nitrogen and oxygen atoms in total. The molecule has 0 atom stereocenters. The first-order chi connectivity index (χ1) is 7.67. The maximum Gasteiger partial charge on any atom is 0.139 e. The van der Waals surface area contributed by atoms with Gasteiger partial charge in [0.1, 0.15) is 5.67 Å². The quantitative estimate of drug-likeness (QED) is 0.777. The highest BCUT2D eigenvalue weighted by atomic mass is 19.1. The molecule has 1 aliphatic carbocycles. The number of nitrogens with two attached hydrogens (primary N) is 1. The van der Waals surface area contributed by atoms with Gasteiger partial charge in [-0.2, -0.15) is 0 Å². The Kier molecular flexibility index (Phi) is 2.01. The van der Waals surface area contributed by atoms with E-state index in [9.17, 15) is 4.39 Å². The summed E-state index contributed by atoms with van der Waals surface area (Å²) in [6.07, 6.45) is 0.899. The monoisotopic (exact) mass is 215 g/mol. The lowest BCUT2D eigenvalue weighted by molar-refractivity contribution is 0.0407. The van der Waals surface area contributed by atoms with Gasteiger partial charge in [0.05, 0.1) is 0 Å². The molecule has 1 aliphatic rings. The van der Waals surface area contributed by atoms with Crippen molar-refractivity contribution in [3.8, 4) is 0 Å². The van der Waals surface area contributed by atoms with Gasteiger partial charge in [0.15, 0.2) is 0 Å². The molecule has 0 unspecified atom stereocenters. The molecule has 0 saturated heterocycles. The van der Waals surface area contributed by atoms with E-state index >= 15 is 0 Å². The lowest BCUT2D eigenvalue weighted by Gasteiger charge is -2.39. The summed E-state index contributed by atoms with van der Waals surface area (Å²) in [6.45, 7) is 0. The molecule has 0 bridgehead atoms. The standard InChI is InChI=1S/C14H14FN/c15-14(8-13(16)9-14)12-6-5-10-3-1-2-4-11(10)7-12/h1-7,13H,8-9,16H2. The van der Waals surface area contributed by atoms with E-state index in [0.717, 1.165) is 16.3 Å². The van der Waals surface area contributed by atoms with Gasteiger partial charge in [0.2, 0.25) is 0 Å². The number of hydrogen-bond acceptors (Lipinski definition) is 1. The van der Waals surface area contributed by atoms with E-state index in [4.69, 9.17) is 5.73 Å². The molecule has 0 radical (unpaired) electrons. The van der Waals surface area contributed by atoms with Crippen molar-refractivity contribution in [1.82, 2.24) is 0 Å². The van der Waals surface area contributed by atoms with Crippen molar-refractivity contribution in [2.75, 3.05) is 0 Å². The molecule has 2 aromatic carbocycles. The highest BCUT2D eigenvalue weighted by Gasteiger charge is 2.44. The Labute approximate surface area is 94.1 Å². The largest absolute Gasteiger partial charge is 0.327 e. The fourth-order valence-corrected chi connectivity index (χ4v) is 2.48. The molecule has 1 fully saturated rings. The average molecular weight is 215 g/mol. The molecule has 16 heavy (non-hydrogen) atoms. The predicted molar refractivity (Wildman–Crippen MR) is 63.9 cm³/mol. The van der Waals surface area contributed by atoms with Crippen molar-refractivity contribution < 1.29 is 4.39 Å². The van der Waals surface area contributed by atoms with Gasteiger partial charge in [-0.3, -0.25) is 0 Å². The van der Waals surface area contributed by atoms with E-state index in [2.05, 4.69) is 0 Å². The lowest BCUT2D eigenvalue weighted by atomic mass is 9.73. The molecule has 0 aromatic heterocycles. The van der Waals surface area contributed by atoms with E-state index in [1.807, 2.05) is 42.5 Å². The first-order valence-electron chi connectivity index (χ1n) is 5.61. The third kappa shape index (κ3) is 1.41. The molecule has 0 spiro atoms. The summed E-state index contributed by atoms with van der Waals surface area (Å²) in [7, 11) is 0. The highest BCUT2D eigenvalue weighted by molar-refractivity contribution is 5.83. The van der Waals surface area contributed by atoms with Gasteiger partial charge >= 0.3 is 0 Å². The van der Waals surface area contributed by atoms with Gasteiger partial charge in [-0.1, -0.05) is 36.4 Å². The van der Waals surface area contributed by atoms with Crippen molar-refractivity contribution >= 4 is 10.8 Å². The van der Waals surface area contributed by atoms with Crippen LogP contribution in [-0.4, -0.2) is 6.04 Å². The van der Waals surface area contributed by atoms with Gasteiger partial charge in [0.25, 0.3) is 0 Å². The van der Waals surface area contributed by atoms with Crippen LogP contribution in [0.3, 0.4) is 0 Å². The molecule has 82 valence electrons. The number of benzene rings is 2. The van der Waals surface area contributed by atoms with Gasteiger partial charge in [-0.25, -0.2) is 4.39 Å². The van der Waals surface area contributed by atoms with Crippen molar-refractivity contribution in [3.63, 3.8) is 0 Å². The molecular formula is C14H14FN. The second-order valence-electron chi connectivity index (χ2n) is 4.70. The third-order valence-corrected chi connectivity index (χ3v) is 3.44. The van der Waals surface area contributed by atoms with Gasteiger partial charge in [-0.15, -0.1) is 0 Å². The van der Waals surface area contributed by atoms with Crippen LogP contribution in [0.15, 0.2) is 42.5 Å². The predicted octanol–water partition coefficient (Wildman–Crippen LogP) is 3.13. The number of hydrogen-bond donors (Lipinski definition) is 1. The number of fused-ring (bicyclic) bond motifs is 1. The highest BCUT2D eigenvalue weighted by Crippen LogP contribution is 2.44. The molecule has 3 rings (SSSR count). The van der Waals surface area contributed by atoms with Crippen molar-refractivity contribution in [2.45, 2.75) is 24.6 Å². The lowest BCUT2D eigenvalue weighted by Crippen LogP contribution is -2.46. The van der Waals surface area contributed by atoms with Gasteiger partial charge in [0, 0.05) is 18.9 Å². The van der Waals surface area contributed by atoms with E-state index in [-0.39, 0.29) is 6.04 Å². The van der Waals surface area contributed by atoms with Crippen LogP contribution in [0.5, 0.6) is 0 Å². The van der Waals surface area contributed by atoms with E-state index in [1.165, 1.54) is 0 Å². The SMILES string of the molecule is NC1CC(F)(c2ccc3ccccc3c2)C1. The zero-order chi connectivity index (χ0) is 11.2. The van der Waals surface area contributed by atoms with Crippen LogP contribution >= 0.6 is 0 Å². The molecular weight excluding hydrogens is 201 g/mol. The molecule has 2 N–H and O–H groups in total. The summed E-state index contributed by atoms with van der Waals surface area (Å²) >= 11 is 0. The summed E-state index contributed by atoms with van der Waals surface area (Å²) in [4.78, 5) is 0. The van der Waals surface area contributed by atoms with Crippen molar-refractivity contribution in [2.24, 2.45) is 5.73 Å². The van der Waals surface area contributed by atoms with Crippen molar-refractivity contribution in [3.05, 3.63) is 48.0 Å². The van der Waals surface area contributed by atoms with Crippen LogP contribution in [-0.2, 0) is 5.67 Å². The summed E-state index contributed by atoms with van der Waals surface area (Å²) in [5.41, 5.74) is 5.24. The normalized spacial score (nSPS) is 29.0. The molecule has 1 saturated carbocycles. The third-order valence-electron chi connectivity index (χ3n) is 3.44. The minimum Gasteiger partial charge on any atom is -0.327 e. The minimum atomic E-state index is -1.19. The van der Waals surface area contributed by atoms with E-state index < -0.39 is 5.67 Å².